The molecule has 4 nitrogen and oxygen atoms in total. The summed E-state index contributed by atoms with van der Waals surface area (Å²) in [4.78, 5) is 7.07. The number of fused-ring (bicyclic) bond motifs is 2. The fourth-order valence-electron chi connectivity index (χ4n) is 3.07. The molecular weight excluding hydrogens is 365 g/mol. The third kappa shape index (κ3) is 2.68. The van der Waals surface area contributed by atoms with Gasteiger partial charge in [-0.2, -0.15) is 18.4 Å². The van der Waals surface area contributed by atoms with Gasteiger partial charge in [0.05, 0.1) is 22.7 Å². The minimum Gasteiger partial charge on any atom is -0.360 e. The largest absolute Gasteiger partial charge is 0.394 e. The number of pyridine rings is 1. The predicted octanol–water partition coefficient (Wildman–Crippen LogP) is 5.11. The summed E-state index contributed by atoms with van der Waals surface area (Å²) >= 11 is 6.28. The van der Waals surface area contributed by atoms with E-state index in [9.17, 15) is 18.4 Å². The summed E-state index contributed by atoms with van der Waals surface area (Å²) in [6, 6.07) is 9.10. The molecule has 0 fully saturated rings. The quantitative estimate of drug-likeness (QED) is 0.530. The Bertz CT molecular complexity index is 1180. The van der Waals surface area contributed by atoms with E-state index >= 15 is 0 Å². The molecule has 1 N–H and O–H groups in total. The molecule has 0 spiro atoms. The van der Waals surface area contributed by atoms with Crippen molar-refractivity contribution in [1.82, 2.24) is 14.4 Å². The van der Waals surface area contributed by atoms with Crippen LogP contribution in [0.15, 0.2) is 42.9 Å². The molecule has 0 saturated carbocycles. The average molecular weight is 375 g/mol. The minimum atomic E-state index is -4.35. The summed E-state index contributed by atoms with van der Waals surface area (Å²) in [5.74, 6) is 0. The van der Waals surface area contributed by atoms with Gasteiger partial charge in [0.2, 0.25) is 0 Å². The van der Waals surface area contributed by atoms with Crippen LogP contribution in [-0.2, 0) is 6.42 Å². The standard InChI is InChI=1S/C18H10ClF3N4/c19-15-6-11(5-10-1-3-24-16(10)15)13-2-4-26-12(7-18(20,21)22)9-25-17(26)14(13)8-23/h1-6,9,24H,7H2. The Hall–Kier alpha value is -2.98. The second-order valence-electron chi connectivity index (χ2n) is 5.85. The average Bonchev–Trinajstić information content (AvgIpc) is 3.20. The van der Waals surface area contributed by atoms with Gasteiger partial charge in [0, 0.05) is 29.5 Å². The zero-order chi connectivity index (χ0) is 18.5. The van der Waals surface area contributed by atoms with Crippen LogP contribution >= 0.6 is 11.6 Å². The fraction of sp³-hybridized carbons (Fsp3) is 0.111. The normalized spacial score (nSPS) is 12.0. The van der Waals surface area contributed by atoms with E-state index in [0.717, 1.165) is 17.1 Å². The van der Waals surface area contributed by atoms with E-state index in [4.69, 9.17) is 11.6 Å². The van der Waals surface area contributed by atoms with Crippen LogP contribution in [0.25, 0.3) is 27.7 Å². The number of aromatic nitrogens is 3. The molecular formula is C18H10ClF3N4. The van der Waals surface area contributed by atoms with Gasteiger partial charge in [0.15, 0.2) is 5.65 Å². The molecule has 0 atom stereocenters. The number of halogens is 4. The molecule has 26 heavy (non-hydrogen) atoms. The highest BCUT2D eigenvalue weighted by Crippen LogP contribution is 2.33. The van der Waals surface area contributed by atoms with Crippen LogP contribution in [0.2, 0.25) is 5.02 Å². The Morgan fingerprint density at radius 3 is 2.81 bits per heavy atom. The van der Waals surface area contributed by atoms with Crippen molar-refractivity contribution in [1.29, 1.82) is 5.26 Å². The van der Waals surface area contributed by atoms with Crippen LogP contribution in [0.5, 0.6) is 0 Å². The molecule has 4 aromatic rings. The van der Waals surface area contributed by atoms with Crippen LogP contribution in [0.1, 0.15) is 11.3 Å². The third-order valence-electron chi connectivity index (χ3n) is 4.17. The smallest absolute Gasteiger partial charge is 0.360 e. The van der Waals surface area contributed by atoms with Crippen LogP contribution in [0.3, 0.4) is 0 Å². The molecule has 130 valence electrons. The number of nitrogens with one attached hydrogen (secondary N) is 1. The minimum absolute atomic E-state index is 0.0188. The van der Waals surface area contributed by atoms with Gasteiger partial charge in [-0.3, -0.25) is 0 Å². The Labute approximate surface area is 150 Å². The van der Waals surface area contributed by atoms with Crippen molar-refractivity contribution in [3.8, 4) is 17.2 Å². The molecule has 0 bridgehead atoms. The number of alkyl halides is 3. The lowest BCUT2D eigenvalue weighted by atomic mass is 10.0. The van der Waals surface area contributed by atoms with E-state index in [2.05, 4.69) is 16.0 Å². The lowest BCUT2D eigenvalue weighted by Gasteiger charge is -2.10. The molecule has 0 unspecified atom stereocenters. The van der Waals surface area contributed by atoms with Crippen molar-refractivity contribution in [2.24, 2.45) is 0 Å². The van der Waals surface area contributed by atoms with Gasteiger partial charge in [0.25, 0.3) is 0 Å². The first kappa shape index (κ1) is 16.5. The molecule has 0 aliphatic rings. The van der Waals surface area contributed by atoms with Crippen LogP contribution < -0.4 is 0 Å². The molecule has 0 amide bonds. The maximum Gasteiger partial charge on any atom is 0.394 e. The summed E-state index contributed by atoms with van der Waals surface area (Å²) in [7, 11) is 0. The molecule has 3 aromatic heterocycles. The molecule has 0 radical (unpaired) electrons. The first-order valence-electron chi connectivity index (χ1n) is 7.60. The molecule has 8 heteroatoms. The highest BCUT2D eigenvalue weighted by molar-refractivity contribution is 6.35. The zero-order valence-electron chi connectivity index (χ0n) is 13.1. The Kier molecular flexibility index (Phi) is 3.67. The van der Waals surface area contributed by atoms with Gasteiger partial charge < -0.3 is 9.38 Å². The number of benzene rings is 1. The monoisotopic (exact) mass is 374 g/mol. The van der Waals surface area contributed by atoms with E-state index in [1.54, 1.807) is 18.3 Å². The van der Waals surface area contributed by atoms with Gasteiger partial charge in [-0.25, -0.2) is 4.98 Å². The topological polar surface area (TPSA) is 56.9 Å². The van der Waals surface area contributed by atoms with E-state index in [0.29, 0.717) is 16.1 Å². The van der Waals surface area contributed by atoms with Crippen molar-refractivity contribution in [2.75, 3.05) is 0 Å². The van der Waals surface area contributed by atoms with Crippen molar-refractivity contribution in [3.05, 3.63) is 59.1 Å². The molecule has 1 aromatic carbocycles. The highest BCUT2D eigenvalue weighted by atomic mass is 35.5. The first-order chi connectivity index (χ1) is 12.4. The van der Waals surface area contributed by atoms with Gasteiger partial charge in [-0.1, -0.05) is 11.6 Å². The van der Waals surface area contributed by atoms with E-state index in [-0.39, 0.29) is 16.9 Å². The summed E-state index contributed by atoms with van der Waals surface area (Å²) in [5, 5.41) is 11.0. The number of hydrogen-bond donors (Lipinski definition) is 1. The van der Waals surface area contributed by atoms with Crippen molar-refractivity contribution in [2.45, 2.75) is 12.6 Å². The van der Waals surface area contributed by atoms with Gasteiger partial charge in [-0.15, -0.1) is 0 Å². The van der Waals surface area contributed by atoms with Gasteiger partial charge in [0.1, 0.15) is 11.6 Å². The summed E-state index contributed by atoms with van der Waals surface area (Å²) in [6.45, 7) is 0. The molecule has 4 rings (SSSR count). The number of hydrogen-bond acceptors (Lipinski definition) is 2. The second-order valence-corrected chi connectivity index (χ2v) is 6.26. The lowest BCUT2D eigenvalue weighted by molar-refractivity contribution is -0.127. The summed E-state index contributed by atoms with van der Waals surface area (Å²) in [6.07, 6.45) is -1.06. The van der Waals surface area contributed by atoms with Gasteiger partial charge in [-0.05, 0) is 29.8 Å². The van der Waals surface area contributed by atoms with Crippen LogP contribution in [-0.4, -0.2) is 20.5 Å². The van der Waals surface area contributed by atoms with E-state index in [1.807, 2.05) is 12.1 Å². The number of imidazole rings is 1. The number of aromatic amines is 1. The number of nitrogens with zero attached hydrogens (tertiary/aromatic N) is 3. The molecule has 3 heterocycles. The number of rotatable bonds is 2. The zero-order valence-corrected chi connectivity index (χ0v) is 13.9. The number of H-pyrrole nitrogens is 1. The second kappa shape index (κ2) is 5.78. The Morgan fingerprint density at radius 1 is 1.27 bits per heavy atom. The summed E-state index contributed by atoms with van der Waals surface area (Å²) in [5.41, 5.74) is 2.41. The highest BCUT2D eigenvalue weighted by Gasteiger charge is 2.29. The van der Waals surface area contributed by atoms with E-state index < -0.39 is 12.6 Å². The maximum absolute atomic E-state index is 12.7. The van der Waals surface area contributed by atoms with Crippen LogP contribution in [0.4, 0.5) is 13.2 Å². The predicted molar refractivity (Wildman–Crippen MR) is 92.0 cm³/mol. The Balaban J connectivity index is 1.92. The first-order valence-corrected chi connectivity index (χ1v) is 7.98. The van der Waals surface area contributed by atoms with E-state index in [1.165, 1.54) is 10.6 Å². The SMILES string of the molecule is N#Cc1c(-c2cc(Cl)c3[nH]ccc3c2)ccn2c(CC(F)(F)F)cnc12. The molecule has 0 saturated heterocycles. The van der Waals surface area contributed by atoms with Crippen LogP contribution in [0, 0.1) is 11.3 Å². The summed E-state index contributed by atoms with van der Waals surface area (Å²) < 4.78 is 39.4. The number of nitriles is 1. The van der Waals surface area contributed by atoms with Crippen molar-refractivity contribution >= 4 is 28.2 Å². The fourth-order valence-corrected chi connectivity index (χ4v) is 3.35. The Morgan fingerprint density at radius 2 is 2.08 bits per heavy atom. The van der Waals surface area contributed by atoms with Crippen molar-refractivity contribution in [3.63, 3.8) is 0 Å². The van der Waals surface area contributed by atoms with Crippen molar-refractivity contribution < 1.29 is 13.2 Å². The molecule has 0 aliphatic heterocycles. The molecule has 0 aliphatic carbocycles. The van der Waals surface area contributed by atoms with Gasteiger partial charge >= 0.3 is 6.18 Å². The maximum atomic E-state index is 12.7. The lowest BCUT2D eigenvalue weighted by Crippen LogP contribution is -2.13. The third-order valence-corrected chi connectivity index (χ3v) is 4.47.